The minimum absolute atomic E-state index is 0.253. The minimum atomic E-state index is -0.673. The molecule has 0 radical (unpaired) electrons. The van der Waals surface area contributed by atoms with Gasteiger partial charge in [0.25, 0.3) is 0 Å². The zero-order chi connectivity index (χ0) is 16.2. The van der Waals surface area contributed by atoms with E-state index in [2.05, 4.69) is 6.92 Å². The second kappa shape index (κ2) is 10.9. The van der Waals surface area contributed by atoms with Gasteiger partial charge in [0.1, 0.15) is 5.75 Å². The highest BCUT2D eigenvalue weighted by Crippen LogP contribution is 2.23. The number of ether oxygens (including phenoxy) is 2. The number of para-hydroxylation sites is 1. The summed E-state index contributed by atoms with van der Waals surface area (Å²) in [6, 6.07) is 6.61. The van der Waals surface area contributed by atoms with Crippen molar-refractivity contribution in [3.63, 3.8) is 0 Å². The van der Waals surface area contributed by atoms with Crippen LogP contribution in [-0.2, 0) is 14.3 Å². The summed E-state index contributed by atoms with van der Waals surface area (Å²) in [6.45, 7) is 2.51. The molecule has 0 unspecified atom stereocenters. The third-order valence-electron chi connectivity index (χ3n) is 2.89. The smallest absolute Gasteiger partial charge is 0.336 e. The predicted molar refractivity (Wildman–Crippen MR) is 85.9 cm³/mol. The van der Waals surface area contributed by atoms with Gasteiger partial charge in [-0.2, -0.15) is 0 Å². The number of esters is 2. The van der Waals surface area contributed by atoms with Crippen molar-refractivity contribution >= 4 is 23.5 Å². The van der Waals surface area contributed by atoms with Crippen molar-refractivity contribution < 1.29 is 19.1 Å². The zero-order valence-electron chi connectivity index (χ0n) is 12.7. The predicted octanol–water partition coefficient (Wildman–Crippen LogP) is 4.32. The first-order valence-electron chi connectivity index (χ1n) is 7.44. The van der Waals surface area contributed by atoms with Gasteiger partial charge in [-0.15, -0.1) is 0 Å². The summed E-state index contributed by atoms with van der Waals surface area (Å²) in [5, 5.41) is 0.332. The number of carbonyl (C=O) groups is 2. The maximum absolute atomic E-state index is 11.5. The number of hydrogen-bond donors (Lipinski definition) is 0. The molecule has 0 aliphatic rings. The summed E-state index contributed by atoms with van der Waals surface area (Å²) in [7, 11) is 0. The Morgan fingerprint density at radius 3 is 2.45 bits per heavy atom. The molecule has 4 nitrogen and oxygen atoms in total. The number of unbranched alkanes of at least 4 members (excludes halogenated alkanes) is 4. The number of benzene rings is 1. The second-order valence-corrected chi connectivity index (χ2v) is 5.17. The molecule has 0 N–H and O–H groups in total. The first-order valence-corrected chi connectivity index (χ1v) is 7.82. The number of halogens is 1. The van der Waals surface area contributed by atoms with Gasteiger partial charge in [0.05, 0.1) is 11.6 Å². The Morgan fingerprint density at radius 1 is 1.05 bits per heavy atom. The van der Waals surface area contributed by atoms with E-state index in [0.717, 1.165) is 31.4 Å². The van der Waals surface area contributed by atoms with Gasteiger partial charge in [-0.05, 0) is 18.6 Å². The van der Waals surface area contributed by atoms with Gasteiger partial charge >= 0.3 is 11.9 Å². The second-order valence-electron chi connectivity index (χ2n) is 4.77. The highest BCUT2D eigenvalue weighted by atomic mass is 35.5. The van der Waals surface area contributed by atoms with E-state index >= 15 is 0 Å². The van der Waals surface area contributed by atoms with Crippen LogP contribution in [-0.4, -0.2) is 18.5 Å². The normalized spacial score (nSPS) is 10.6. The standard InChI is InChI=1S/C17H21ClO4/c1-2-3-4-5-8-13-21-16(19)11-12-17(20)22-15-10-7-6-9-14(15)18/h6-7,9-12H,2-5,8,13H2,1H3/b12-11+. The van der Waals surface area contributed by atoms with Crippen LogP contribution in [0.5, 0.6) is 5.75 Å². The fraction of sp³-hybridized carbons (Fsp3) is 0.412. The lowest BCUT2D eigenvalue weighted by molar-refractivity contribution is -0.138. The third kappa shape index (κ3) is 7.84. The molecule has 0 atom stereocenters. The Bertz CT molecular complexity index is 511. The molecule has 0 spiro atoms. The van der Waals surface area contributed by atoms with Gasteiger partial charge in [-0.1, -0.05) is 56.3 Å². The van der Waals surface area contributed by atoms with Gasteiger partial charge in [0.2, 0.25) is 0 Å². The van der Waals surface area contributed by atoms with Crippen molar-refractivity contribution in [1.29, 1.82) is 0 Å². The quantitative estimate of drug-likeness (QED) is 0.294. The van der Waals surface area contributed by atoms with Crippen LogP contribution in [0.2, 0.25) is 5.02 Å². The molecule has 0 fully saturated rings. The minimum Gasteiger partial charge on any atom is -0.463 e. The van der Waals surface area contributed by atoms with Gasteiger partial charge in [-0.3, -0.25) is 0 Å². The van der Waals surface area contributed by atoms with Gasteiger partial charge in [0.15, 0.2) is 0 Å². The molecule has 1 aromatic carbocycles. The molecule has 0 aromatic heterocycles. The van der Waals surface area contributed by atoms with E-state index in [1.165, 1.54) is 12.8 Å². The van der Waals surface area contributed by atoms with E-state index in [9.17, 15) is 9.59 Å². The fourth-order valence-corrected chi connectivity index (χ4v) is 1.91. The van der Waals surface area contributed by atoms with E-state index in [-0.39, 0.29) is 5.75 Å². The van der Waals surface area contributed by atoms with Crippen molar-refractivity contribution in [1.82, 2.24) is 0 Å². The molecular weight excluding hydrogens is 304 g/mol. The monoisotopic (exact) mass is 324 g/mol. The van der Waals surface area contributed by atoms with Crippen LogP contribution in [0.15, 0.2) is 36.4 Å². The molecule has 0 heterocycles. The van der Waals surface area contributed by atoms with Crippen LogP contribution in [0.4, 0.5) is 0 Å². The summed E-state index contributed by atoms with van der Waals surface area (Å²) in [4.78, 5) is 23.0. The van der Waals surface area contributed by atoms with Crippen LogP contribution in [0.1, 0.15) is 39.0 Å². The summed E-state index contributed by atoms with van der Waals surface area (Å²) >= 11 is 5.86. The Kier molecular flexibility index (Phi) is 9.00. The number of rotatable bonds is 9. The molecule has 22 heavy (non-hydrogen) atoms. The first kappa shape index (κ1) is 18.2. The van der Waals surface area contributed by atoms with Crippen LogP contribution in [0.25, 0.3) is 0 Å². The Balaban J connectivity index is 2.24. The molecule has 1 rings (SSSR count). The van der Waals surface area contributed by atoms with Crippen molar-refractivity contribution in [2.24, 2.45) is 0 Å². The molecule has 0 aliphatic carbocycles. The molecule has 5 heteroatoms. The largest absolute Gasteiger partial charge is 0.463 e. The lowest BCUT2D eigenvalue weighted by Crippen LogP contribution is -2.07. The lowest BCUT2D eigenvalue weighted by Gasteiger charge is -2.03. The summed E-state index contributed by atoms with van der Waals surface area (Å²) < 4.78 is 9.99. The van der Waals surface area contributed by atoms with Crippen LogP contribution in [0, 0.1) is 0 Å². The lowest BCUT2D eigenvalue weighted by atomic mass is 10.2. The van der Waals surface area contributed by atoms with E-state index in [1.54, 1.807) is 24.3 Å². The Hall–Kier alpha value is -1.81. The maximum atomic E-state index is 11.5. The van der Waals surface area contributed by atoms with Gasteiger partial charge < -0.3 is 9.47 Å². The molecule has 0 saturated carbocycles. The number of carbonyl (C=O) groups excluding carboxylic acids is 2. The SMILES string of the molecule is CCCCCCCOC(=O)/C=C/C(=O)Oc1ccccc1Cl. The number of hydrogen-bond acceptors (Lipinski definition) is 4. The topological polar surface area (TPSA) is 52.6 Å². The van der Waals surface area contributed by atoms with Crippen molar-refractivity contribution in [3.05, 3.63) is 41.4 Å². The van der Waals surface area contributed by atoms with E-state index in [4.69, 9.17) is 21.1 Å². The van der Waals surface area contributed by atoms with Gasteiger partial charge in [0, 0.05) is 12.2 Å². The molecular formula is C17H21ClO4. The third-order valence-corrected chi connectivity index (χ3v) is 3.21. The van der Waals surface area contributed by atoms with E-state index in [0.29, 0.717) is 11.6 Å². The highest BCUT2D eigenvalue weighted by molar-refractivity contribution is 6.32. The van der Waals surface area contributed by atoms with Crippen molar-refractivity contribution in [3.8, 4) is 5.75 Å². The molecule has 0 amide bonds. The Labute approximate surface area is 136 Å². The van der Waals surface area contributed by atoms with Crippen LogP contribution < -0.4 is 4.74 Å². The summed E-state index contributed by atoms with van der Waals surface area (Å²) in [5.74, 6) is -0.970. The average Bonchev–Trinajstić information content (AvgIpc) is 2.51. The average molecular weight is 325 g/mol. The van der Waals surface area contributed by atoms with E-state index in [1.807, 2.05) is 0 Å². The van der Waals surface area contributed by atoms with Gasteiger partial charge in [-0.25, -0.2) is 9.59 Å². The van der Waals surface area contributed by atoms with Crippen LogP contribution >= 0.6 is 11.6 Å². The molecule has 0 saturated heterocycles. The van der Waals surface area contributed by atoms with Crippen molar-refractivity contribution in [2.75, 3.05) is 6.61 Å². The van der Waals surface area contributed by atoms with E-state index < -0.39 is 11.9 Å². The fourth-order valence-electron chi connectivity index (χ4n) is 1.73. The maximum Gasteiger partial charge on any atom is 0.336 e. The first-order chi connectivity index (χ1) is 10.6. The molecule has 0 bridgehead atoms. The van der Waals surface area contributed by atoms with Crippen molar-refractivity contribution in [2.45, 2.75) is 39.0 Å². The molecule has 0 aliphatic heterocycles. The summed E-state index contributed by atoms with van der Waals surface area (Å²) in [5.41, 5.74) is 0. The Morgan fingerprint density at radius 2 is 1.73 bits per heavy atom. The highest BCUT2D eigenvalue weighted by Gasteiger charge is 2.05. The molecule has 120 valence electrons. The zero-order valence-corrected chi connectivity index (χ0v) is 13.5. The summed E-state index contributed by atoms with van der Waals surface area (Å²) in [6.07, 6.45) is 7.49. The van der Waals surface area contributed by atoms with Crippen LogP contribution in [0.3, 0.4) is 0 Å². The molecule has 1 aromatic rings.